The number of carboxylic acids is 1. The fourth-order valence-corrected chi connectivity index (χ4v) is 1.80. The van der Waals surface area contributed by atoms with E-state index in [0.29, 0.717) is 4.47 Å². The van der Waals surface area contributed by atoms with Crippen LogP contribution in [0.3, 0.4) is 0 Å². The normalized spacial score (nSPS) is 8.53. The highest BCUT2D eigenvalue weighted by molar-refractivity contribution is 9.10. The molecule has 6 nitrogen and oxygen atoms in total. The van der Waals surface area contributed by atoms with Crippen molar-refractivity contribution in [2.45, 2.75) is 0 Å². The van der Waals surface area contributed by atoms with Gasteiger partial charge in [-0.25, -0.2) is 4.79 Å². The van der Waals surface area contributed by atoms with E-state index in [1.807, 2.05) is 0 Å². The SMILES string of the molecule is N#CC(C#N)=C(C#N)Nc1cccc(Br)c1C(=O)O. The van der Waals surface area contributed by atoms with Gasteiger partial charge in [0.15, 0.2) is 5.57 Å². The summed E-state index contributed by atoms with van der Waals surface area (Å²) < 4.78 is 0.317. The number of anilines is 1. The second-order valence-electron chi connectivity index (χ2n) is 3.18. The van der Waals surface area contributed by atoms with Gasteiger partial charge in [0.05, 0.1) is 11.3 Å². The Bertz CT molecular complexity index is 673. The number of rotatable bonds is 3. The molecule has 0 saturated carbocycles. The quantitative estimate of drug-likeness (QED) is 0.826. The van der Waals surface area contributed by atoms with Crippen molar-refractivity contribution in [3.05, 3.63) is 39.5 Å². The van der Waals surface area contributed by atoms with Crippen molar-refractivity contribution in [2.75, 3.05) is 5.32 Å². The second-order valence-corrected chi connectivity index (χ2v) is 4.03. The molecular formula is C12H5BrN4O2. The minimum atomic E-state index is -1.21. The smallest absolute Gasteiger partial charge is 0.338 e. The van der Waals surface area contributed by atoms with Crippen molar-refractivity contribution in [1.82, 2.24) is 0 Å². The summed E-state index contributed by atoms with van der Waals surface area (Å²) >= 11 is 3.08. The van der Waals surface area contributed by atoms with Gasteiger partial charge in [-0.3, -0.25) is 0 Å². The average Bonchev–Trinajstić information content (AvgIpc) is 2.38. The molecule has 0 unspecified atom stereocenters. The zero-order chi connectivity index (χ0) is 14.4. The van der Waals surface area contributed by atoms with E-state index < -0.39 is 11.5 Å². The molecule has 1 aromatic rings. The van der Waals surface area contributed by atoms with E-state index in [9.17, 15) is 4.79 Å². The molecule has 7 heteroatoms. The molecule has 0 saturated heterocycles. The molecule has 0 fully saturated rings. The summed E-state index contributed by atoms with van der Waals surface area (Å²) in [4.78, 5) is 11.1. The number of benzene rings is 1. The number of nitrogens with one attached hydrogen (secondary N) is 1. The lowest BCUT2D eigenvalue weighted by atomic mass is 10.1. The van der Waals surface area contributed by atoms with E-state index >= 15 is 0 Å². The summed E-state index contributed by atoms with van der Waals surface area (Å²) in [5, 5.41) is 37.8. The molecule has 0 spiro atoms. The number of hydrogen-bond acceptors (Lipinski definition) is 5. The van der Waals surface area contributed by atoms with Crippen LogP contribution in [0.15, 0.2) is 33.9 Å². The Morgan fingerprint density at radius 1 is 1.21 bits per heavy atom. The summed E-state index contributed by atoms with van der Waals surface area (Å²) in [5.74, 6) is -1.21. The first-order valence-electron chi connectivity index (χ1n) is 4.78. The van der Waals surface area contributed by atoms with Gasteiger partial charge < -0.3 is 10.4 Å². The van der Waals surface area contributed by atoms with Crippen LogP contribution >= 0.6 is 15.9 Å². The predicted octanol–water partition coefficient (Wildman–Crippen LogP) is 2.38. The molecule has 0 aliphatic heterocycles. The van der Waals surface area contributed by atoms with Gasteiger partial charge in [-0.1, -0.05) is 6.07 Å². The Hall–Kier alpha value is -2.82. The highest BCUT2D eigenvalue weighted by Gasteiger charge is 2.16. The predicted molar refractivity (Wildman–Crippen MR) is 68.6 cm³/mol. The molecular weight excluding hydrogens is 312 g/mol. The topological polar surface area (TPSA) is 121 Å². The van der Waals surface area contributed by atoms with Gasteiger partial charge in [-0.05, 0) is 28.1 Å². The fraction of sp³-hybridized carbons (Fsp3) is 0. The number of carbonyl (C=O) groups is 1. The summed E-state index contributed by atoms with van der Waals surface area (Å²) in [7, 11) is 0. The van der Waals surface area contributed by atoms with Crippen molar-refractivity contribution in [3.8, 4) is 18.2 Å². The Balaban J connectivity index is 3.37. The molecule has 0 aliphatic rings. The molecule has 0 atom stereocenters. The first-order valence-corrected chi connectivity index (χ1v) is 5.57. The first-order chi connectivity index (χ1) is 9.04. The van der Waals surface area contributed by atoms with Gasteiger partial charge in [0.1, 0.15) is 23.9 Å². The Morgan fingerprint density at radius 2 is 1.84 bits per heavy atom. The number of carboxylic acid groups (broad SMARTS) is 1. The molecule has 1 rings (SSSR count). The third-order valence-electron chi connectivity index (χ3n) is 2.07. The molecule has 0 heterocycles. The number of nitriles is 3. The van der Waals surface area contributed by atoms with Gasteiger partial charge in [0, 0.05) is 4.47 Å². The van der Waals surface area contributed by atoms with E-state index in [2.05, 4.69) is 21.2 Å². The lowest BCUT2D eigenvalue weighted by Gasteiger charge is -2.09. The highest BCUT2D eigenvalue weighted by atomic mass is 79.9. The first kappa shape index (κ1) is 14.2. The van der Waals surface area contributed by atoms with Crippen LogP contribution in [0, 0.1) is 34.0 Å². The number of aromatic carboxylic acids is 1. The van der Waals surface area contributed by atoms with Crippen LogP contribution in [-0.4, -0.2) is 11.1 Å². The lowest BCUT2D eigenvalue weighted by Crippen LogP contribution is -2.07. The zero-order valence-corrected chi connectivity index (χ0v) is 10.9. The second kappa shape index (κ2) is 6.20. The molecule has 2 N–H and O–H groups in total. The maximum Gasteiger partial charge on any atom is 0.338 e. The van der Waals surface area contributed by atoms with Gasteiger partial charge >= 0.3 is 5.97 Å². The average molecular weight is 317 g/mol. The number of hydrogen-bond donors (Lipinski definition) is 2. The van der Waals surface area contributed by atoms with Crippen LogP contribution in [0.5, 0.6) is 0 Å². The van der Waals surface area contributed by atoms with Crippen LogP contribution in [0.1, 0.15) is 10.4 Å². The van der Waals surface area contributed by atoms with Gasteiger partial charge in [-0.15, -0.1) is 0 Å². The molecule has 0 radical (unpaired) electrons. The van der Waals surface area contributed by atoms with Crippen LogP contribution in [0.25, 0.3) is 0 Å². The van der Waals surface area contributed by atoms with Crippen molar-refractivity contribution in [3.63, 3.8) is 0 Å². The number of allylic oxidation sites excluding steroid dienone is 2. The van der Waals surface area contributed by atoms with Gasteiger partial charge in [-0.2, -0.15) is 15.8 Å². The van der Waals surface area contributed by atoms with E-state index in [1.54, 1.807) is 24.3 Å². The van der Waals surface area contributed by atoms with Crippen LogP contribution < -0.4 is 5.32 Å². The van der Waals surface area contributed by atoms with E-state index in [1.165, 1.54) is 12.1 Å². The fourth-order valence-electron chi connectivity index (χ4n) is 1.26. The van der Waals surface area contributed by atoms with Crippen molar-refractivity contribution < 1.29 is 9.90 Å². The van der Waals surface area contributed by atoms with Crippen LogP contribution in [0.2, 0.25) is 0 Å². The van der Waals surface area contributed by atoms with Crippen LogP contribution in [-0.2, 0) is 0 Å². The minimum absolute atomic E-state index is 0.0921. The highest BCUT2D eigenvalue weighted by Crippen LogP contribution is 2.26. The molecule has 92 valence electrons. The molecule has 0 aromatic heterocycles. The monoisotopic (exact) mass is 316 g/mol. The molecule has 0 aliphatic carbocycles. The van der Waals surface area contributed by atoms with Crippen LogP contribution in [0.4, 0.5) is 5.69 Å². The third-order valence-corrected chi connectivity index (χ3v) is 2.73. The third kappa shape index (κ3) is 3.10. The largest absolute Gasteiger partial charge is 0.478 e. The summed E-state index contributed by atoms with van der Waals surface area (Å²) in [6.07, 6.45) is 0. The van der Waals surface area contributed by atoms with Gasteiger partial charge in [0.25, 0.3) is 0 Å². The summed E-state index contributed by atoms with van der Waals surface area (Å²) in [5.41, 5.74) is -0.698. The van der Waals surface area contributed by atoms with E-state index in [0.717, 1.165) is 0 Å². The molecule has 0 bridgehead atoms. The van der Waals surface area contributed by atoms with Crippen molar-refractivity contribution >= 4 is 27.6 Å². The Kier molecular flexibility index (Phi) is 4.65. The van der Waals surface area contributed by atoms with E-state index in [4.69, 9.17) is 20.9 Å². The Labute approximate surface area is 116 Å². The summed E-state index contributed by atoms with van der Waals surface area (Å²) in [6, 6.07) is 9.29. The molecule has 0 amide bonds. The standard InChI is InChI=1S/C12H5BrN4O2/c13-8-2-1-3-9(11(8)12(18)19)17-10(6-16)7(4-14)5-15/h1-3,17H,(H,18,19). The zero-order valence-electron chi connectivity index (χ0n) is 9.31. The molecule has 19 heavy (non-hydrogen) atoms. The van der Waals surface area contributed by atoms with Gasteiger partial charge in [0.2, 0.25) is 0 Å². The maximum atomic E-state index is 11.1. The van der Waals surface area contributed by atoms with Crippen molar-refractivity contribution in [1.29, 1.82) is 15.8 Å². The minimum Gasteiger partial charge on any atom is -0.478 e. The molecule has 1 aromatic carbocycles. The number of nitrogens with zero attached hydrogens (tertiary/aromatic N) is 3. The van der Waals surface area contributed by atoms with Crippen molar-refractivity contribution in [2.24, 2.45) is 0 Å². The maximum absolute atomic E-state index is 11.1. The van der Waals surface area contributed by atoms with E-state index in [-0.39, 0.29) is 16.9 Å². The Morgan fingerprint density at radius 3 is 2.32 bits per heavy atom. The summed E-state index contributed by atoms with van der Waals surface area (Å²) in [6.45, 7) is 0. The lowest BCUT2D eigenvalue weighted by molar-refractivity contribution is 0.0697. The number of halogens is 1.